The van der Waals surface area contributed by atoms with Crippen molar-refractivity contribution in [2.45, 2.75) is 31.5 Å². The Labute approximate surface area is 75.1 Å². The summed E-state index contributed by atoms with van der Waals surface area (Å²) in [7, 11) is 0. The molecule has 1 aromatic heterocycles. The zero-order chi connectivity index (χ0) is 8.10. The summed E-state index contributed by atoms with van der Waals surface area (Å²) in [6.07, 6.45) is 3.43. The highest BCUT2D eigenvalue weighted by molar-refractivity contribution is 9.08. The van der Waals surface area contributed by atoms with E-state index in [-0.39, 0.29) is 0 Å². The van der Waals surface area contributed by atoms with Crippen molar-refractivity contribution >= 4 is 15.9 Å². The van der Waals surface area contributed by atoms with Crippen LogP contribution in [0.1, 0.15) is 31.2 Å². The fourth-order valence-corrected chi connectivity index (χ4v) is 1.16. The SMILES string of the molecule is CCCCc1cc(CBr)on1. The molecule has 0 spiro atoms. The summed E-state index contributed by atoms with van der Waals surface area (Å²) in [5.74, 6) is 0.913. The predicted molar refractivity (Wildman–Crippen MR) is 47.7 cm³/mol. The second-order valence-electron chi connectivity index (χ2n) is 2.52. The van der Waals surface area contributed by atoms with Gasteiger partial charge in [0.25, 0.3) is 0 Å². The highest BCUT2D eigenvalue weighted by Gasteiger charge is 2.00. The van der Waals surface area contributed by atoms with Gasteiger partial charge in [-0.05, 0) is 12.8 Å². The molecule has 1 heterocycles. The van der Waals surface area contributed by atoms with E-state index in [9.17, 15) is 0 Å². The van der Waals surface area contributed by atoms with E-state index in [0.717, 1.165) is 23.2 Å². The smallest absolute Gasteiger partial charge is 0.147 e. The van der Waals surface area contributed by atoms with Crippen molar-refractivity contribution in [2.24, 2.45) is 0 Å². The molecule has 0 N–H and O–H groups in total. The minimum Gasteiger partial charge on any atom is -0.360 e. The van der Waals surface area contributed by atoms with Gasteiger partial charge in [0.2, 0.25) is 0 Å². The van der Waals surface area contributed by atoms with Crippen molar-refractivity contribution < 1.29 is 4.52 Å². The molecule has 0 atom stereocenters. The molecule has 0 aliphatic rings. The van der Waals surface area contributed by atoms with Gasteiger partial charge in [-0.15, -0.1) is 0 Å². The Balaban J connectivity index is 2.44. The second kappa shape index (κ2) is 4.54. The molecule has 0 aliphatic carbocycles. The molecule has 0 saturated heterocycles. The monoisotopic (exact) mass is 217 g/mol. The Kier molecular flexibility index (Phi) is 3.63. The number of nitrogens with zero attached hydrogens (tertiary/aromatic N) is 1. The minimum absolute atomic E-state index is 0.756. The Morgan fingerprint density at radius 3 is 3.00 bits per heavy atom. The molecule has 1 rings (SSSR count). The van der Waals surface area contributed by atoms with Crippen molar-refractivity contribution in [1.82, 2.24) is 5.16 Å². The lowest BCUT2D eigenvalue weighted by molar-refractivity contribution is 0.388. The van der Waals surface area contributed by atoms with Crippen molar-refractivity contribution in [3.8, 4) is 0 Å². The van der Waals surface area contributed by atoms with Gasteiger partial charge in [-0.3, -0.25) is 0 Å². The van der Waals surface area contributed by atoms with Gasteiger partial charge >= 0.3 is 0 Å². The number of hydrogen-bond donors (Lipinski definition) is 0. The van der Waals surface area contributed by atoms with E-state index in [1.165, 1.54) is 12.8 Å². The summed E-state index contributed by atoms with van der Waals surface area (Å²) in [5.41, 5.74) is 1.07. The van der Waals surface area contributed by atoms with Gasteiger partial charge in [0.1, 0.15) is 5.76 Å². The lowest BCUT2D eigenvalue weighted by atomic mass is 10.2. The molecular formula is C8H12BrNO. The van der Waals surface area contributed by atoms with Gasteiger partial charge in [0, 0.05) is 6.07 Å². The molecule has 0 bridgehead atoms. The molecule has 0 saturated carbocycles. The predicted octanol–water partition coefficient (Wildman–Crippen LogP) is 2.91. The third-order valence-electron chi connectivity index (χ3n) is 1.53. The first-order valence-electron chi connectivity index (χ1n) is 3.87. The maximum atomic E-state index is 5.01. The molecule has 3 heteroatoms. The second-order valence-corrected chi connectivity index (χ2v) is 3.08. The van der Waals surface area contributed by atoms with Crippen LogP contribution in [0.3, 0.4) is 0 Å². The number of aromatic nitrogens is 1. The van der Waals surface area contributed by atoms with E-state index in [2.05, 4.69) is 28.0 Å². The Morgan fingerprint density at radius 1 is 1.64 bits per heavy atom. The first-order chi connectivity index (χ1) is 5.36. The van der Waals surface area contributed by atoms with Crippen LogP contribution in [0, 0.1) is 0 Å². The van der Waals surface area contributed by atoms with E-state index in [0.29, 0.717) is 0 Å². The fraction of sp³-hybridized carbons (Fsp3) is 0.625. The normalized spacial score (nSPS) is 10.4. The van der Waals surface area contributed by atoms with Crippen molar-refractivity contribution in [3.63, 3.8) is 0 Å². The van der Waals surface area contributed by atoms with Crippen LogP contribution in [0.4, 0.5) is 0 Å². The van der Waals surface area contributed by atoms with Crippen molar-refractivity contribution in [1.29, 1.82) is 0 Å². The number of alkyl halides is 1. The molecule has 0 fully saturated rings. The Hall–Kier alpha value is -0.310. The van der Waals surface area contributed by atoms with E-state index in [4.69, 9.17) is 4.52 Å². The summed E-state index contributed by atoms with van der Waals surface area (Å²) in [5, 5.41) is 4.68. The Bertz CT molecular complexity index is 210. The van der Waals surface area contributed by atoms with Gasteiger partial charge in [-0.2, -0.15) is 0 Å². The van der Waals surface area contributed by atoms with Gasteiger partial charge < -0.3 is 4.52 Å². The summed E-state index contributed by atoms with van der Waals surface area (Å²) >= 11 is 3.31. The quantitative estimate of drug-likeness (QED) is 0.726. The van der Waals surface area contributed by atoms with Crippen LogP contribution in [-0.2, 0) is 11.8 Å². The lowest BCUT2D eigenvalue weighted by Gasteiger charge is -1.88. The number of rotatable bonds is 4. The van der Waals surface area contributed by atoms with Gasteiger partial charge in [0.05, 0.1) is 11.0 Å². The molecule has 0 amide bonds. The number of unbranched alkanes of at least 4 members (excludes halogenated alkanes) is 1. The van der Waals surface area contributed by atoms with Crippen LogP contribution in [0.2, 0.25) is 0 Å². The zero-order valence-corrected chi connectivity index (χ0v) is 8.23. The first-order valence-corrected chi connectivity index (χ1v) is 4.99. The van der Waals surface area contributed by atoms with Crippen LogP contribution < -0.4 is 0 Å². The molecule has 2 nitrogen and oxygen atoms in total. The first kappa shape index (κ1) is 8.78. The Morgan fingerprint density at radius 2 is 2.45 bits per heavy atom. The summed E-state index contributed by atoms with van der Waals surface area (Å²) in [6, 6.07) is 2.00. The van der Waals surface area contributed by atoms with E-state index < -0.39 is 0 Å². The van der Waals surface area contributed by atoms with E-state index in [1.807, 2.05) is 6.07 Å². The summed E-state index contributed by atoms with van der Waals surface area (Å²) < 4.78 is 5.01. The molecule has 0 radical (unpaired) electrons. The summed E-state index contributed by atoms with van der Waals surface area (Å²) in [4.78, 5) is 0. The highest BCUT2D eigenvalue weighted by Crippen LogP contribution is 2.09. The maximum absolute atomic E-state index is 5.01. The molecule has 0 aromatic carbocycles. The zero-order valence-electron chi connectivity index (χ0n) is 6.64. The summed E-state index contributed by atoms with van der Waals surface area (Å²) in [6.45, 7) is 2.17. The van der Waals surface area contributed by atoms with Gasteiger partial charge in [-0.1, -0.05) is 34.4 Å². The number of aryl methyl sites for hydroxylation is 1. The van der Waals surface area contributed by atoms with Crippen molar-refractivity contribution in [3.05, 3.63) is 17.5 Å². The largest absolute Gasteiger partial charge is 0.360 e. The van der Waals surface area contributed by atoms with Crippen LogP contribution in [0.15, 0.2) is 10.6 Å². The van der Waals surface area contributed by atoms with Crippen LogP contribution >= 0.6 is 15.9 Å². The van der Waals surface area contributed by atoms with Crippen LogP contribution in [-0.4, -0.2) is 5.16 Å². The van der Waals surface area contributed by atoms with Gasteiger partial charge in [0.15, 0.2) is 0 Å². The van der Waals surface area contributed by atoms with Gasteiger partial charge in [-0.25, -0.2) is 0 Å². The average molecular weight is 218 g/mol. The number of hydrogen-bond acceptors (Lipinski definition) is 2. The fourth-order valence-electron chi connectivity index (χ4n) is 0.894. The minimum atomic E-state index is 0.756. The number of halogens is 1. The third kappa shape index (κ3) is 2.66. The molecule has 0 unspecified atom stereocenters. The van der Waals surface area contributed by atoms with Crippen LogP contribution in [0.25, 0.3) is 0 Å². The highest BCUT2D eigenvalue weighted by atomic mass is 79.9. The van der Waals surface area contributed by atoms with E-state index >= 15 is 0 Å². The van der Waals surface area contributed by atoms with Crippen LogP contribution in [0.5, 0.6) is 0 Å². The standard InChI is InChI=1S/C8H12BrNO/c1-2-3-4-7-5-8(6-9)11-10-7/h5H,2-4,6H2,1H3. The average Bonchev–Trinajstić information content (AvgIpc) is 2.48. The molecule has 62 valence electrons. The third-order valence-corrected chi connectivity index (χ3v) is 2.08. The molecule has 1 aromatic rings. The lowest BCUT2D eigenvalue weighted by Crippen LogP contribution is -1.82. The molecule has 0 aliphatic heterocycles. The van der Waals surface area contributed by atoms with Crippen molar-refractivity contribution in [2.75, 3.05) is 0 Å². The van der Waals surface area contributed by atoms with E-state index in [1.54, 1.807) is 0 Å². The maximum Gasteiger partial charge on any atom is 0.147 e. The topological polar surface area (TPSA) is 26.0 Å². The molecular weight excluding hydrogens is 206 g/mol. The molecule has 11 heavy (non-hydrogen) atoms.